The number of hydrogen-bond donors (Lipinski definition) is 1. The van der Waals surface area contributed by atoms with Gasteiger partial charge in [0.2, 0.25) is 5.91 Å². The first-order chi connectivity index (χ1) is 7.81. The van der Waals surface area contributed by atoms with Gasteiger partial charge in [-0.2, -0.15) is 4.68 Å². The maximum atomic E-state index is 11.2. The molecule has 1 aromatic carbocycles. The molecule has 0 bridgehead atoms. The van der Waals surface area contributed by atoms with Crippen molar-refractivity contribution < 1.29 is 4.79 Å². The zero-order valence-electron chi connectivity index (χ0n) is 8.37. The molecule has 0 aliphatic heterocycles. The van der Waals surface area contributed by atoms with E-state index in [4.69, 9.17) is 0 Å². The summed E-state index contributed by atoms with van der Waals surface area (Å²) < 4.78 is 1.47. The smallest absolute Gasteiger partial charge is 0.247 e. The van der Waals surface area contributed by atoms with Crippen LogP contribution in [0, 0.1) is 0 Å². The van der Waals surface area contributed by atoms with E-state index in [9.17, 15) is 4.79 Å². The molecule has 6 nitrogen and oxygen atoms in total. The van der Waals surface area contributed by atoms with Crippen LogP contribution in [-0.2, 0) is 4.79 Å². The third-order valence-electron chi connectivity index (χ3n) is 1.94. The van der Waals surface area contributed by atoms with E-state index in [2.05, 4.69) is 27.4 Å². The van der Waals surface area contributed by atoms with Gasteiger partial charge in [0.05, 0.1) is 11.4 Å². The second kappa shape index (κ2) is 4.35. The Hall–Kier alpha value is -2.50. The molecule has 6 heteroatoms. The third kappa shape index (κ3) is 1.95. The normalized spacial score (nSPS) is 9.75. The number of aromatic nitrogens is 4. The average Bonchev–Trinajstić information content (AvgIpc) is 2.83. The average molecular weight is 215 g/mol. The van der Waals surface area contributed by atoms with E-state index in [1.807, 2.05) is 12.1 Å². The Bertz CT molecular complexity index is 506. The van der Waals surface area contributed by atoms with Crippen LogP contribution in [0.25, 0.3) is 5.69 Å². The summed E-state index contributed by atoms with van der Waals surface area (Å²) >= 11 is 0. The molecule has 2 aromatic rings. The number of hydrogen-bond acceptors (Lipinski definition) is 4. The summed E-state index contributed by atoms with van der Waals surface area (Å²) in [6.45, 7) is 3.39. The van der Waals surface area contributed by atoms with E-state index in [-0.39, 0.29) is 5.91 Å². The first-order valence-electron chi connectivity index (χ1n) is 4.57. The molecule has 80 valence electrons. The Morgan fingerprint density at radius 1 is 1.44 bits per heavy atom. The van der Waals surface area contributed by atoms with Crippen molar-refractivity contribution in [1.82, 2.24) is 20.2 Å². The molecule has 0 aliphatic carbocycles. The lowest BCUT2D eigenvalue weighted by Crippen LogP contribution is -2.10. The third-order valence-corrected chi connectivity index (χ3v) is 1.94. The van der Waals surface area contributed by atoms with Gasteiger partial charge in [-0.05, 0) is 28.6 Å². The number of benzene rings is 1. The molecule has 0 fully saturated rings. The van der Waals surface area contributed by atoms with Gasteiger partial charge in [0.1, 0.15) is 6.33 Å². The van der Waals surface area contributed by atoms with Crippen LogP contribution < -0.4 is 5.32 Å². The predicted molar refractivity (Wildman–Crippen MR) is 58.0 cm³/mol. The quantitative estimate of drug-likeness (QED) is 0.768. The first kappa shape index (κ1) is 10.0. The van der Waals surface area contributed by atoms with Gasteiger partial charge >= 0.3 is 0 Å². The van der Waals surface area contributed by atoms with E-state index in [0.29, 0.717) is 11.4 Å². The lowest BCUT2D eigenvalue weighted by Gasteiger charge is -2.07. The standard InChI is InChI=1S/C10H9N5O/c1-2-10(16)12-8-5-3-4-6-9(8)15-7-11-13-14-15/h2-7H,1H2,(H,12,16). The van der Waals surface area contributed by atoms with Gasteiger partial charge in [-0.25, -0.2) is 0 Å². The topological polar surface area (TPSA) is 72.7 Å². The zero-order valence-corrected chi connectivity index (χ0v) is 8.37. The summed E-state index contributed by atoms with van der Waals surface area (Å²) in [7, 11) is 0. The minimum absolute atomic E-state index is 0.277. The molecule has 0 unspecified atom stereocenters. The van der Waals surface area contributed by atoms with Gasteiger partial charge in [0.15, 0.2) is 0 Å². The maximum absolute atomic E-state index is 11.2. The molecule has 0 aliphatic rings. The lowest BCUT2D eigenvalue weighted by atomic mass is 10.2. The number of para-hydroxylation sites is 2. The fourth-order valence-corrected chi connectivity index (χ4v) is 1.23. The van der Waals surface area contributed by atoms with E-state index in [0.717, 1.165) is 0 Å². The molecule has 0 atom stereocenters. The van der Waals surface area contributed by atoms with Crippen LogP contribution in [0.3, 0.4) is 0 Å². The molecule has 0 spiro atoms. The van der Waals surface area contributed by atoms with Crippen LogP contribution in [0.2, 0.25) is 0 Å². The lowest BCUT2D eigenvalue weighted by molar-refractivity contribution is -0.111. The fourth-order valence-electron chi connectivity index (χ4n) is 1.23. The number of nitrogens with zero attached hydrogens (tertiary/aromatic N) is 4. The van der Waals surface area contributed by atoms with Crippen LogP contribution in [0.4, 0.5) is 5.69 Å². The molecule has 0 radical (unpaired) electrons. The number of carbonyl (C=O) groups excluding carboxylic acids is 1. The first-order valence-corrected chi connectivity index (χ1v) is 4.57. The summed E-state index contributed by atoms with van der Waals surface area (Å²) in [6.07, 6.45) is 2.66. The molecule has 2 rings (SSSR count). The summed E-state index contributed by atoms with van der Waals surface area (Å²) in [4.78, 5) is 11.2. The molecular formula is C10H9N5O. The highest BCUT2D eigenvalue weighted by Crippen LogP contribution is 2.18. The van der Waals surface area contributed by atoms with Crippen molar-refractivity contribution in [3.63, 3.8) is 0 Å². The second-order valence-corrected chi connectivity index (χ2v) is 2.96. The van der Waals surface area contributed by atoms with Gasteiger partial charge in [-0.3, -0.25) is 4.79 Å². The van der Waals surface area contributed by atoms with Crippen LogP contribution >= 0.6 is 0 Å². The van der Waals surface area contributed by atoms with Crippen molar-refractivity contribution in [3.05, 3.63) is 43.2 Å². The molecule has 1 aromatic heterocycles. The van der Waals surface area contributed by atoms with Crippen LogP contribution in [-0.4, -0.2) is 26.1 Å². The Morgan fingerprint density at radius 3 is 2.94 bits per heavy atom. The fraction of sp³-hybridized carbons (Fsp3) is 0. The number of carbonyl (C=O) groups is 1. The molecule has 1 heterocycles. The summed E-state index contributed by atoms with van der Waals surface area (Å²) in [5.41, 5.74) is 1.32. The number of nitrogens with one attached hydrogen (secondary N) is 1. The van der Waals surface area contributed by atoms with Crippen molar-refractivity contribution in [2.45, 2.75) is 0 Å². The predicted octanol–water partition coefficient (Wildman–Crippen LogP) is 0.787. The van der Waals surface area contributed by atoms with Gasteiger partial charge in [0, 0.05) is 0 Å². The van der Waals surface area contributed by atoms with Crippen molar-refractivity contribution in [2.24, 2.45) is 0 Å². The minimum Gasteiger partial charge on any atom is -0.321 e. The van der Waals surface area contributed by atoms with Crippen molar-refractivity contribution >= 4 is 11.6 Å². The molecule has 16 heavy (non-hydrogen) atoms. The Balaban J connectivity index is 2.38. The van der Waals surface area contributed by atoms with E-state index in [1.54, 1.807) is 12.1 Å². The highest BCUT2D eigenvalue weighted by Gasteiger charge is 2.06. The van der Waals surface area contributed by atoms with E-state index < -0.39 is 0 Å². The van der Waals surface area contributed by atoms with E-state index >= 15 is 0 Å². The van der Waals surface area contributed by atoms with E-state index in [1.165, 1.54) is 17.1 Å². The van der Waals surface area contributed by atoms with Gasteiger partial charge < -0.3 is 5.32 Å². The van der Waals surface area contributed by atoms with Gasteiger partial charge in [-0.15, -0.1) is 5.10 Å². The SMILES string of the molecule is C=CC(=O)Nc1ccccc1-n1cnnn1. The van der Waals surface area contributed by atoms with Crippen molar-refractivity contribution in [3.8, 4) is 5.69 Å². The van der Waals surface area contributed by atoms with Crippen LogP contribution in [0.1, 0.15) is 0 Å². The van der Waals surface area contributed by atoms with Gasteiger partial charge in [-0.1, -0.05) is 18.7 Å². The highest BCUT2D eigenvalue weighted by atomic mass is 16.1. The van der Waals surface area contributed by atoms with Crippen LogP contribution in [0.15, 0.2) is 43.2 Å². The largest absolute Gasteiger partial charge is 0.321 e. The molecule has 0 saturated heterocycles. The highest BCUT2D eigenvalue weighted by molar-refractivity contribution is 6.00. The molecule has 1 amide bonds. The summed E-state index contributed by atoms with van der Waals surface area (Å²) in [5, 5.41) is 13.5. The number of anilines is 1. The molecule has 0 saturated carbocycles. The number of tetrazole rings is 1. The van der Waals surface area contributed by atoms with Gasteiger partial charge in [0.25, 0.3) is 0 Å². The van der Waals surface area contributed by atoms with Crippen molar-refractivity contribution in [2.75, 3.05) is 5.32 Å². The maximum Gasteiger partial charge on any atom is 0.247 e. The Morgan fingerprint density at radius 2 is 2.25 bits per heavy atom. The monoisotopic (exact) mass is 215 g/mol. The Kier molecular flexibility index (Phi) is 2.73. The Labute approximate surface area is 91.6 Å². The van der Waals surface area contributed by atoms with Crippen molar-refractivity contribution in [1.29, 1.82) is 0 Å². The number of amides is 1. The van der Waals surface area contributed by atoms with Crippen LogP contribution in [0.5, 0.6) is 0 Å². The molecular weight excluding hydrogens is 206 g/mol. The second-order valence-electron chi connectivity index (χ2n) is 2.96. The zero-order chi connectivity index (χ0) is 11.4. The number of rotatable bonds is 3. The summed E-state index contributed by atoms with van der Waals surface area (Å²) in [6, 6.07) is 7.21. The minimum atomic E-state index is -0.277. The molecule has 1 N–H and O–H groups in total. The summed E-state index contributed by atoms with van der Waals surface area (Å²) in [5.74, 6) is -0.277.